The lowest BCUT2D eigenvalue weighted by atomic mass is 10.0. The van der Waals surface area contributed by atoms with E-state index in [4.69, 9.17) is 10.8 Å². The van der Waals surface area contributed by atoms with Crippen LogP contribution in [0.1, 0.15) is 31.4 Å². The molecular weight excluding hydrogens is 216 g/mol. The van der Waals surface area contributed by atoms with Gasteiger partial charge in [0.1, 0.15) is 0 Å². The van der Waals surface area contributed by atoms with Crippen molar-refractivity contribution in [3.8, 4) is 0 Å². The highest BCUT2D eigenvalue weighted by molar-refractivity contribution is 5.77. The van der Waals surface area contributed by atoms with Crippen molar-refractivity contribution < 1.29 is 9.90 Å². The molecule has 0 saturated heterocycles. The number of hydrogen-bond acceptors (Lipinski definition) is 3. The van der Waals surface area contributed by atoms with Crippen molar-refractivity contribution in [3.05, 3.63) is 35.9 Å². The molecule has 4 N–H and O–H groups in total. The van der Waals surface area contributed by atoms with E-state index < -0.39 is 0 Å². The number of aliphatic hydroxyl groups excluding tert-OH is 1. The van der Waals surface area contributed by atoms with Crippen LogP contribution in [0, 0.1) is 0 Å². The Morgan fingerprint density at radius 1 is 1.41 bits per heavy atom. The molecule has 1 aromatic carbocycles. The third-order valence-corrected chi connectivity index (χ3v) is 2.60. The molecule has 0 radical (unpaired) electrons. The number of rotatable bonds is 6. The van der Waals surface area contributed by atoms with Gasteiger partial charge in [0, 0.05) is 25.1 Å². The molecule has 0 heterocycles. The molecule has 0 spiro atoms. The minimum absolute atomic E-state index is 0.0181. The Bertz CT molecular complexity index is 341. The first-order valence-corrected chi connectivity index (χ1v) is 5.84. The summed E-state index contributed by atoms with van der Waals surface area (Å²) >= 11 is 0. The van der Waals surface area contributed by atoms with Crippen LogP contribution >= 0.6 is 0 Å². The smallest absolute Gasteiger partial charge is 0.222 e. The molecule has 4 heteroatoms. The number of aliphatic hydroxyl groups is 1. The highest BCUT2D eigenvalue weighted by atomic mass is 16.3. The van der Waals surface area contributed by atoms with E-state index in [-0.39, 0.29) is 31.0 Å². The second-order valence-electron chi connectivity index (χ2n) is 4.20. The number of carbonyl (C=O) groups is 1. The van der Waals surface area contributed by atoms with Crippen LogP contribution in [-0.4, -0.2) is 23.7 Å². The van der Waals surface area contributed by atoms with Crippen molar-refractivity contribution in [1.29, 1.82) is 0 Å². The van der Waals surface area contributed by atoms with Crippen LogP contribution in [0.2, 0.25) is 0 Å². The highest BCUT2D eigenvalue weighted by Crippen LogP contribution is 2.12. The van der Waals surface area contributed by atoms with Gasteiger partial charge in [0.25, 0.3) is 0 Å². The predicted octanol–water partition coefficient (Wildman–Crippen LogP) is 0.964. The summed E-state index contributed by atoms with van der Waals surface area (Å²) in [5.41, 5.74) is 6.89. The fraction of sp³-hybridized carbons (Fsp3) is 0.462. The highest BCUT2D eigenvalue weighted by Gasteiger charge is 2.12. The van der Waals surface area contributed by atoms with E-state index >= 15 is 0 Å². The second kappa shape index (κ2) is 7.04. The van der Waals surface area contributed by atoms with Gasteiger partial charge in [-0.1, -0.05) is 30.3 Å². The number of amides is 1. The fourth-order valence-corrected chi connectivity index (χ4v) is 1.62. The normalized spacial score (nSPS) is 14.1. The van der Waals surface area contributed by atoms with Gasteiger partial charge in [0.15, 0.2) is 0 Å². The molecule has 2 atom stereocenters. The van der Waals surface area contributed by atoms with Gasteiger partial charge in [-0.25, -0.2) is 0 Å². The molecule has 0 bridgehead atoms. The zero-order valence-electron chi connectivity index (χ0n) is 10.1. The van der Waals surface area contributed by atoms with E-state index in [1.165, 1.54) is 0 Å². The molecule has 1 rings (SSSR count). The maximum Gasteiger partial charge on any atom is 0.222 e. The first-order chi connectivity index (χ1) is 8.13. The monoisotopic (exact) mass is 236 g/mol. The van der Waals surface area contributed by atoms with Crippen LogP contribution in [0.5, 0.6) is 0 Å². The predicted molar refractivity (Wildman–Crippen MR) is 67.3 cm³/mol. The Hall–Kier alpha value is -1.39. The fourth-order valence-electron chi connectivity index (χ4n) is 1.62. The number of hydrogen-bond donors (Lipinski definition) is 3. The number of nitrogens with two attached hydrogens (primary N) is 1. The minimum Gasteiger partial charge on any atom is -0.396 e. The molecule has 1 amide bonds. The zero-order valence-corrected chi connectivity index (χ0v) is 10.1. The van der Waals surface area contributed by atoms with Crippen molar-refractivity contribution in [2.75, 3.05) is 6.61 Å². The number of carbonyl (C=O) groups excluding carboxylic acids is 1. The largest absolute Gasteiger partial charge is 0.396 e. The number of nitrogens with one attached hydrogen (secondary N) is 1. The van der Waals surface area contributed by atoms with E-state index in [0.29, 0.717) is 6.42 Å². The van der Waals surface area contributed by atoms with Crippen molar-refractivity contribution in [1.82, 2.24) is 5.32 Å². The van der Waals surface area contributed by atoms with Gasteiger partial charge in [0.2, 0.25) is 5.91 Å². The standard InChI is InChI=1S/C13H20N2O2/c1-10(7-8-16)15-13(17)9-12(14)11-5-3-2-4-6-11/h2-6,10,12,16H,7-9,14H2,1H3,(H,15,17). The Balaban J connectivity index is 2.41. The molecular formula is C13H20N2O2. The number of benzene rings is 1. The van der Waals surface area contributed by atoms with Gasteiger partial charge in [-0.3, -0.25) is 4.79 Å². The van der Waals surface area contributed by atoms with Gasteiger partial charge in [-0.2, -0.15) is 0 Å². The van der Waals surface area contributed by atoms with Crippen LogP contribution in [0.3, 0.4) is 0 Å². The zero-order chi connectivity index (χ0) is 12.7. The molecule has 4 nitrogen and oxygen atoms in total. The van der Waals surface area contributed by atoms with Gasteiger partial charge in [-0.05, 0) is 18.9 Å². The third-order valence-electron chi connectivity index (χ3n) is 2.60. The average molecular weight is 236 g/mol. The first kappa shape index (κ1) is 13.7. The Morgan fingerprint density at radius 3 is 2.65 bits per heavy atom. The molecule has 0 saturated carbocycles. The lowest BCUT2D eigenvalue weighted by Gasteiger charge is -2.15. The second-order valence-corrected chi connectivity index (χ2v) is 4.20. The summed E-state index contributed by atoms with van der Waals surface area (Å²) in [6.45, 7) is 1.94. The summed E-state index contributed by atoms with van der Waals surface area (Å²) in [5.74, 6) is -0.0812. The Morgan fingerprint density at radius 2 is 2.06 bits per heavy atom. The maximum atomic E-state index is 11.6. The van der Waals surface area contributed by atoms with Gasteiger partial charge in [-0.15, -0.1) is 0 Å². The van der Waals surface area contributed by atoms with Crippen molar-refractivity contribution in [2.24, 2.45) is 5.73 Å². The lowest BCUT2D eigenvalue weighted by Crippen LogP contribution is -2.35. The lowest BCUT2D eigenvalue weighted by molar-refractivity contribution is -0.122. The summed E-state index contributed by atoms with van der Waals surface area (Å²) < 4.78 is 0. The van der Waals surface area contributed by atoms with E-state index in [9.17, 15) is 4.79 Å². The Labute approximate surface area is 102 Å². The van der Waals surface area contributed by atoms with Crippen LogP contribution in [0.15, 0.2) is 30.3 Å². The molecule has 0 aliphatic carbocycles. The molecule has 0 aliphatic rings. The summed E-state index contributed by atoms with van der Waals surface area (Å²) in [4.78, 5) is 11.6. The molecule has 0 aliphatic heterocycles. The van der Waals surface area contributed by atoms with Crippen LogP contribution < -0.4 is 11.1 Å². The summed E-state index contributed by atoms with van der Waals surface area (Å²) in [5, 5.41) is 11.5. The van der Waals surface area contributed by atoms with Crippen molar-refractivity contribution in [2.45, 2.75) is 31.8 Å². The van der Waals surface area contributed by atoms with Crippen LogP contribution in [0.4, 0.5) is 0 Å². The molecule has 0 fully saturated rings. The van der Waals surface area contributed by atoms with Gasteiger partial charge in [0.05, 0.1) is 0 Å². The van der Waals surface area contributed by atoms with E-state index in [2.05, 4.69) is 5.32 Å². The van der Waals surface area contributed by atoms with Crippen LogP contribution in [-0.2, 0) is 4.79 Å². The van der Waals surface area contributed by atoms with E-state index in [1.807, 2.05) is 37.3 Å². The average Bonchev–Trinajstić information content (AvgIpc) is 2.30. The SMILES string of the molecule is CC(CCO)NC(=O)CC(N)c1ccccc1. The van der Waals surface area contributed by atoms with E-state index in [0.717, 1.165) is 5.56 Å². The van der Waals surface area contributed by atoms with Crippen molar-refractivity contribution >= 4 is 5.91 Å². The summed E-state index contributed by atoms with van der Waals surface area (Å²) in [7, 11) is 0. The molecule has 94 valence electrons. The van der Waals surface area contributed by atoms with Gasteiger partial charge >= 0.3 is 0 Å². The van der Waals surface area contributed by atoms with Crippen LogP contribution in [0.25, 0.3) is 0 Å². The third kappa shape index (κ3) is 4.97. The van der Waals surface area contributed by atoms with Crippen molar-refractivity contribution in [3.63, 3.8) is 0 Å². The summed E-state index contributed by atoms with van der Waals surface area (Å²) in [6.07, 6.45) is 0.825. The molecule has 17 heavy (non-hydrogen) atoms. The quantitative estimate of drug-likeness (QED) is 0.688. The molecule has 2 unspecified atom stereocenters. The summed E-state index contributed by atoms with van der Waals surface area (Å²) in [6, 6.07) is 9.25. The topological polar surface area (TPSA) is 75.3 Å². The first-order valence-electron chi connectivity index (χ1n) is 5.84. The minimum atomic E-state index is -0.280. The molecule has 1 aromatic rings. The van der Waals surface area contributed by atoms with Gasteiger partial charge < -0.3 is 16.2 Å². The molecule has 0 aromatic heterocycles. The van der Waals surface area contributed by atoms with E-state index in [1.54, 1.807) is 0 Å². The maximum absolute atomic E-state index is 11.6. The Kier molecular flexibility index (Phi) is 5.66.